The molecule has 1 aliphatic heterocycles. The number of rotatable bonds is 0. The van der Waals surface area contributed by atoms with Gasteiger partial charge in [-0.05, 0) is 11.4 Å². The maximum absolute atomic E-state index is 12.0. The molecule has 0 spiro atoms. The van der Waals surface area contributed by atoms with Crippen LogP contribution in [-0.4, -0.2) is 27.4 Å². The van der Waals surface area contributed by atoms with Gasteiger partial charge in [-0.3, -0.25) is 9.36 Å². The molecule has 76 valence electrons. The molecule has 3 heterocycles. The maximum atomic E-state index is 12.0. The van der Waals surface area contributed by atoms with Crippen molar-refractivity contribution in [2.45, 2.75) is 6.54 Å². The van der Waals surface area contributed by atoms with Crippen molar-refractivity contribution in [1.82, 2.24) is 14.5 Å². The lowest BCUT2D eigenvalue weighted by atomic mass is 10.3. The first kappa shape index (κ1) is 8.67. The van der Waals surface area contributed by atoms with Crippen LogP contribution in [0.2, 0.25) is 0 Å². The van der Waals surface area contributed by atoms with E-state index in [9.17, 15) is 4.79 Å². The molecule has 0 bridgehead atoms. The van der Waals surface area contributed by atoms with Crippen LogP contribution in [0.4, 0.5) is 0 Å². The van der Waals surface area contributed by atoms with Gasteiger partial charge in [0.25, 0.3) is 5.91 Å². The summed E-state index contributed by atoms with van der Waals surface area (Å²) in [6.07, 6.45) is 3.57. The second-order valence-corrected chi connectivity index (χ2v) is 4.45. The average molecular weight is 219 g/mol. The van der Waals surface area contributed by atoms with Crippen LogP contribution in [0.5, 0.6) is 0 Å². The van der Waals surface area contributed by atoms with Crippen LogP contribution in [-0.2, 0) is 6.54 Å². The van der Waals surface area contributed by atoms with Crippen molar-refractivity contribution in [3.8, 4) is 5.00 Å². The molecule has 0 radical (unpaired) electrons. The lowest BCUT2D eigenvalue weighted by molar-refractivity contribution is 0.0788. The Bertz CT molecular complexity index is 528. The summed E-state index contributed by atoms with van der Waals surface area (Å²) in [7, 11) is 1.81. The van der Waals surface area contributed by atoms with E-state index in [1.54, 1.807) is 28.8 Å². The van der Waals surface area contributed by atoms with Gasteiger partial charge in [-0.25, -0.2) is 4.98 Å². The van der Waals surface area contributed by atoms with E-state index < -0.39 is 0 Å². The Morgan fingerprint density at radius 3 is 3.27 bits per heavy atom. The Morgan fingerprint density at radius 1 is 1.53 bits per heavy atom. The van der Waals surface area contributed by atoms with E-state index in [0.29, 0.717) is 6.54 Å². The molecule has 5 heteroatoms. The maximum Gasteiger partial charge on any atom is 0.256 e. The third-order valence-corrected chi connectivity index (χ3v) is 3.47. The number of carbonyl (C=O) groups is 1. The first-order chi connectivity index (χ1) is 7.27. The van der Waals surface area contributed by atoms with E-state index >= 15 is 0 Å². The van der Waals surface area contributed by atoms with E-state index in [1.165, 1.54) is 0 Å². The molecule has 0 fully saturated rings. The van der Waals surface area contributed by atoms with Gasteiger partial charge in [-0.15, -0.1) is 11.3 Å². The van der Waals surface area contributed by atoms with E-state index in [0.717, 1.165) is 16.3 Å². The lowest BCUT2D eigenvalue weighted by Gasteiger charge is -2.12. The number of hydrogen-bond donors (Lipinski definition) is 0. The predicted octanol–water partition coefficient (Wildman–Crippen LogP) is 1.52. The Labute approximate surface area is 90.8 Å². The van der Waals surface area contributed by atoms with Crippen molar-refractivity contribution in [1.29, 1.82) is 0 Å². The van der Waals surface area contributed by atoms with Gasteiger partial charge in [-0.2, -0.15) is 0 Å². The highest BCUT2D eigenvalue weighted by atomic mass is 32.1. The van der Waals surface area contributed by atoms with Crippen molar-refractivity contribution in [2.75, 3.05) is 7.05 Å². The summed E-state index contributed by atoms with van der Waals surface area (Å²) in [5.74, 6) is 0.0787. The number of aromatic nitrogens is 2. The van der Waals surface area contributed by atoms with Gasteiger partial charge in [0.15, 0.2) is 0 Å². The molecule has 0 saturated heterocycles. The summed E-state index contributed by atoms with van der Waals surface area (Å²) in [6, 6.07) is 1.87. The van der Waals surface area contributed by atoms with Gasteiger partial charge in [-0.1, -0.05) is 0 Å². The number of amides is 1. The van der Waals surface area contributed by atoms with E-state index in [4.69, 9.17) is 0 Å². The Balaban J connectivity index is 2.30. The monoisotopic (exact) mass is 219 g/mol. The second kappa shape index (κ2) is 2.93. The number of thiophene rings is 1. The summed E-state index contributed by atoms with van der Waals surface area (Å²) in [6.45, 7) is 0.611. The third-order valence-electron chi connectivity index (χ3n) is 2.55. The molecule has 1 aliphatic rings. The van der Waals surface area contributed by atoms with Crippen molar-refractivity contribution in [3.05, 3.63) is 35.2 Å². The Morgan fingerprint density at radius 2 is 2.40 bits per heavy atom. The molecule has 0 atom stereocenters. The highest BCUT2D eigenvalue weighted by Crippen LogP contribution is 2.27. The molecular weight excluding hydrogens is 210 g/mol. The SMILES string of the molecule is CN1Cc2cncn2-c2sccc2C1=O. The first-order valence-corrected chi connectivity index (χ1v) is 5.50. The fourth-order valence-corrected chi connectivity index (χ4v) is 2.69. The lowest BCUT2D eigenvalue weighted by Crippen LogP contribution is -2.24. The van der Waals surface area contributed by atoms with Gasteiger partial charge < -0.3 is 4.90 Å². The minimum Gasteiger partial charge on any atom is -0.336 e. The van der Waals surface area contributed by atoms with Crippen LogP contribution in [0.3, 0.4) is 0 Å². The first-order valence-electron chi connectivity index (χ1n) is 4.62. The summed E-state index contributed by atoms with van der Waals surface area (Å²) in [4.78, 5) is 17.8. The van der Waals surface area contributed by atoms with Crippen LogP contribution >= 0.6 is 11.3 Å². The molecule has 15 heavy (non-hydrogen) atoms. The number of carbonyl (C=O) groups excluding carboxylic acids is 1. The largest absolute Gasteiger partial charge is 0.336 e. The van der Waals surface area contributed by atoms with E-state index in [-0.39, 0.29) is 5.91 Å². The highest BCUT2D eigenvalue weighted by Gasteiger charge is 2.24. The fraction of sp³-hybridized carbons (Fsp3) is 0.200. The Hall–Kier alpha value is -1.62. The molecule has 0 N–H and O–H groups in total. The Kier molecular flexibility index (Phi) is 1.70. The van der Waals surface area contributed by atoms with Crippen LogP contribution in [0.1, 0.15) is 16.1 Å². The number of nitrogens with zero attached hydrogens (tertiary/aromatic N) is 3. The summed E-state index contributed by atoms with van der Waals surface area (Å²) in [5.41, 5.74) is 1.81. The van der Waals surface area contributed by atoms with Crippen LogP contribution in [0, 0.1) is 0 Å². The minimum absolute atomic E-state index is 0.0787. The zero-order valence-electron chi connectivity index (χ0n) is 8.17. The van der Waals surface area contributed by atoms with Crippen molar-refractivity contribution in [2.24, 2.45) is 0 Å². The summed E-state index contributed by atoms with van der Waals surface area (Å²) >= 11 is 1.57. The van der Waals surface area contributed by atoms with Crippen LogP contribution < -0.4 is 0 Å². The molecule has 2 aromatic heterocycles. The van der Waals surface area contributed by atoms with Gasteiger partial charge in [0.2, 0.25) is 0 Å². The van der Waals surface area contributed by atoms with Crippen molar-refractivity contribution >= 4 is 17.2 Å². The molecule has 1 amide bonds. The molecule has 3 rings (SSSR count). The third kappa shape index (κ3) is 1.13. The predicted molar refractivity (Wildman–Crippen MR) is 57.2 cm³/mol. The van der Waals surface area contributed by atoms with Gasteiger partial charge in [0, 0.05) is 7.05 Å². The molecule has 4 nitrogen and oxygen atoms in total. The fourth-order valence-electron chi connectivity index (χ4n) is 1.79. The molecular formula is C10H9N3OS. The number of fused-ring (bicyclic) bond motifs is 3. The van der Waals surface area contributed by atoms with Gasteiger partial charge in [0.1, 0.15) is 11.3 Å². The van der Waals surface area contributed by atoms with Crippen LogP contribution in [0.15, 0.2) is 24.0 Å². The average Bonchev–Trinajstić information content (AvgIpc) is 2.81. The number of imidazole rings is 1. The second-order valence-electron chi connectivity index (χ2n) is 3.56. The normalized spacial score (nSPS) is 14.7. The molecule has 2 aromatic rings. The smallest absolute Gasteiger partial charge is 0.256 e. The van der Waals surface area contributed by atoms with Gasteiger partial charge in [0.05, 0.1) is 24.0 Å². The number of hydrogen-bond acceptors (Lipinski definition) is 3. The highest BCUT2D eigenvalue weighted by molar-refractivity contribution is 7.13. The standard InChI is InChI=1S/C10H9N3OS/c1-12-5-7-4-11-6-13(7)10-8(9(12)14)2-3-15-10/h2-4,6H,5H2,1H3. The van der Waals surface area contributed by atoms with E-state index in [2.05, 4.69) is 4.98 Å². The zero-order valence-corrected chi connectivity index (χ0v) is 8.99. The van der Waals surface area contributed by atoms with E-state index in [1.807, 2.05) is 23.1 Å². The van der Waals surface area contributed by atoms with Gasteiger partial charge >= 0.3 is 0 Å². The van der Waals surface area contributed by atoms with Crippen molar-refractivity contribution < 1.29 is 4.79 Å². The van der Waals surface area contributed by atoms with Crippen LogP contribution in [0.25, 0.3) is 5.00 Å². The molecule has 0 unspecified atom stereocenters. The topological polar surface area (TPSA) is 38.1 Å². The van der Waals surface area contributed by atoms with Crippen molar-refractivity contribution in [3.63, 3.8) is 0 Å². The minimum atomic E-state index is 0.0787. The summed E-state index contributed by atoms with van der Waals surface area (Å²) in [5, 5.41) is 2.91. The molecule has 0 saturated carbocycles. The molecule has 0 aliphatic carbocycles. The molecule has 0 aromatic carbocycles. The quantitative estimate of drug-likeness (QED) is 0.673. The zero-order chi connectivity index (χ0) is 10.4. The summed E-state index contributed by atoms with van der Waals surface area (Å²) < 4.78 is 1.99.